The van der Waals surface area contributed by atoms with Crippen molar-refractivity contribution in [3.8, 4) is 11.1 Å². The van der Waals surface area contributed by atoms with Gasteiger partial charge < -0.3 is 15.5 Å². The highest BCUT2D eigenvalue weighted by Gasteiger charge is 2.17. The van der Waals surface area contributed by atoms with E-state index in [0.717, 1.165) is 12.1 Å². The van der Waals surface area contributed by atoms with Crippen molar-refractivity contribution in [2.75, 3.05) is 18.5 Å². The van der Waals surface area contributed by atoms with Crippen LogP contribution >= 0.6 is 0 Å². The van der Waals surface area contributed by atoms with Crippen molar-refractivity contribution in [2.24, 2.45) is 0 Å². The Labute approximate surface area is 112 Å². The van der Waals surface area contributed by atoms with E-state index in [1.54, 1.807) is 0 Å². The van der Waals surface area contributed by atoms with Crippen LogP contribution in [0.4, 0.5) is 5.69 Å². The maximum Gasteiger partial charge on any atom is 0.0942 e. The average Bonchev–Trinajstić information content (AvgIpc) is 2.82. The Bertz CT molecular complexity index is 595. The van der Waals surface area contributed by atoms with E-state index in [1.807, 2.05) is 6.07 Å². The van der Waals surface area contributed by atoms with Crippen molar-refractivity contribution in [3.05, 3.63) is 53.6 Å². The first kappa shape index (κ1) is 12.2. The molecule has 1 aliphatic rings. The molecule has 1 aliphatic carbocycles. The largest absolute Gasteiger partial charge is 0.394 e. The normalized spacial score (nSPS) is 13.8. The Hall–Kier alpha value is -1.84. The molecule has 0 aliphatic heterocycles. The van der Waals surface area contributed by atoms with Gasteiger partial charge in [-0.3, -0.25) is 0 Å². The minimum Gasteiger partial charge on any atom is -0.394 e. The molecule has 3 N–H and O–H groups in total. The second-order valence-electron chi connectivity index (χ2n) is 4.92. The molecule has 0 saturated carbocycles. The number of fused-ring (bicyclic) bond motifs is 3. The molecule has 0 bridgehead atoms. The average molecular weight is 255 g/mol. The highest BCUT2D eigenvalue weighted by atomic mass is 16.3. The van der Waals surface area contributed by atoms with Crippen molar-refractivity contribution >= 4 is 5.69 Å². The number of nitrogens with one attached hydrogen (secondary N) is 1. The van der Waals surface area contributed by atoms with E-state index in [0.29, 0.717) is 6.54 Å². The number of hydrogen-bond donors (Lipinski definition) is 3. The highest BCUT2D eigenvalue weighted by Crippen LogP contribution is 2.37. The Morgan fingerprint density at radius 1 is 1.05 bits per heavy atom. The third kappa shape index (κ3) is 2.35. The van der Waals surface area contributed by atoms with E-state index in [4.69, 9.17) is 5.11 Å². The van der Waals surface area contributed by atoms with Crippen LogP contribution in [-0.4, -0.2) is 29.5 Å². The first-order chi connectivity index (χ1) is 9.28. The van der Waals surface area contributed by atoms with E-state index in [-0.39, 0.29) is 6.61 Å². The molecule has 0 unspecified atom stereocenters. The molecule has 0 radical (unpaired) electrons. The molecule has 1 atom stereocenters. The first-order valence-corrected chi connectivity index (χ1v) is 6.52. The smallest absolute Gasteiger partial charge is 0.0942 e. The lowest BCUT2D eigenvalue weighted by Gasteiger charge is -2.11. The molecule has 3 heteroatoms. The third-order valence-corrected chi connectivity index (χ3v) is 3.55. The van der Waals surface area contributed by atoms with Crippen molar-refractivity contribution in [3.63, 3.8) is 0 Å². The fraction of sp³-hybridized carbons (Fsp3) is 0.250. The Morgan fingerprint density at radius 3 is 2.68 bits per heavy atom. The molecule has 98 valence electrons. The zero-order valence-electron chi connectivity index (χ0n) is 10.6. The number of aliphatic hydroxyl groups excluding tert-OH is 2. The van der Waals surface area contributed by atoms with Crippen LogP contribution in [0.25, 0.3) is 11.1 Å². The summed E-state index contributed by atoms with van der Waals surface area (Å²) in [5, 5.41) is 21.3. The van der Waals surface area contributed by atoms with Crippen LogP contribution in [0.5, 0.6) is 0 Å². The molecule has 0 aromatic heterocycles. The number of hydrogen-bond acceptors (Lipinski definition) is 3. The minimum absolute atomic E-state index is 0.219. The van der Waals surface area contributed by atoms with Gasteiger partial charge in [-0.2, -0.15) is 0 Å². The maximum atomic E-state index is 9.34. The van der Waals surface area contributed by atoms with Crippen LogP contribution < -0.4 is 5.32 Å². The maximum absolute atomic E-state index is 9.34. The van der Waals surface area contributed by atoms with Crippen molar-refractivity contribution in [1.29, 1.82) is 0 Å². The van der Waals surface area contributed by atoms with Crippen molar-refractivity contribution in [1.82, 2.24) is 0 Å². The van der Waals surface area contributed by atoms with Gasteiger partial charge >= 0.3 is 0 Å². The molecule has 0 spiro atoms. The van der Waals surface area contributed by atoms with Crippen LogP contribution in [0.15, 0.2) is 42.5 Å². The first-order valence-electron chi connectivity index (χ1n) is 6.52. The molecule has 0 saturated heterocycles. The Kier molecular flexibility index (Phi) is 3.23. The van der Waals surface area contributed by atoms with Gasteiger partial charge in [-0.15, -0.1) is 0 Å². The molecule has 3 nitrogen and oxygen atoms in total. The van der Waals surface area contributed by atoms with E-state index in [2.05, 4.69) is 41.7 Å². The second kappa shape index (κ2) is 5.03. The predicted octanol–water partition coefficient (Wildman–Crippen LogP) is 2.02. The predicted molar refractivity (Wildman–Crippen MR) is 76.3 cm³/mol. The van der Waals surface area contributed by atoms with E-state index in [1.165, 1.54) is 22.3 Å². The summed E-state index contributed by atoms with van der Waals surface area (Å²) in [5.41, 5.74) is 6.28. The molecule has 2 aromatic carbocycles. The highest BCUT2D eigenvalue weighted by molar-refractivity contribution is 5.78. The standard InChI is InChI=1S/C16H17NO2/c18-10-14(19)9-17-13-5-6-16-12(8-13)7-11-3-1-2-4-15(11)16/h1-6,8,14,17-19H,7,9-10H2/t14-/m0/s1. The van der Waals surface area contributed by atoms with Gasteiger partial charge in [0.05, 0.1) is 12.7 Å². The summed E-state index contributed by atoms with van der Waals surface area (Å²) in [7, 11) is 0. The summed E-state index contributed by atoms with van der Waals surface area (Å²) in [6.07, 6.45) is 0.245. The number of benzene rings is 2. The van der Waals surface area contributed by atoms with Crippen LogP contribution in [0.1, 0.15) is 11.1 Å². The molecular weight excluding hydrogens is 238 g/mol. The van der Waals surface area contributed by atoms with E-state index < -0.39 is 6.10 Å². The minimum atomic E-state index is -0.717. The van der Waals surface area contributed by atoms with Crippen LogP contribution in [0.3, 0.4) is 0 Å². The zero-order valence-corrected chi connectivity index (χ0v) is 10.6. The van der Waals surface area contributed by atoms with Gasteiger partial charge in [0.1, 0.15) is 0 Å². The van der Waals surface area contributed by atoms with Crippen LogP contribution in [0.2, 0.25) is 0 Å². The number of anilines is 1. The summed E-state index contributed by atoms with van der Waals surface area (Å²) in [6, 6.07) is 14.7. The summed E-state index contributed by atoms with van der Waals surface area (Å²) in [4.78, 5) is 0. The second-order valence-corrected chi connectivity index (χ2v) is 4.92. The van der Waals surface area contributed by atoms with Crippen molar-refractivity contribution in [2.45, 2.75) is 12.5 Å². The quantitative estimate of drug-likeness (QED) is 0.668. The van der Waals surface area contributed by atoms with Gasteiger partial charge in [0, 0.05) is 12.2 Å². The summed E-state index contributed by atoms with van der Waals surface area (Å²) >= 11 is 0. The van der Waals surface area contributed by atoms with Gasteiger partial charge in [-0.25, -0.2) is 0 Å². The third-order valence-electron chi connectivity index (χ3n) is 3.55. The van der Waals surface area contributed by atoms with Gasteiger partial charge in [0.15, 0.2) is 0 Å². The fourth-order valence-corrected chi connectivity index (χ4v) is 2.56. The van der Waals surface area contributed by atoms with Gasteiger partial charge in [-0.1, -0.05) is 30.3 Å². The van der Waals surface area contributed by atoms with Gasteiger partial charge in [0.2, 0.25) is 0 Å². The molecular formula is C16H17NO2. The molecule has 0 amide bonds. The lowest BCUT2D eigenvalue weighted by Crippen LogP contribution is -2.22. The molecule has 0 heterocycles. The number of rotatable bonds is 4. The SMILES string of the molecule is OC[C@@H](O)CNc1ccc2c(c1)Cc1ccccc1-2. The molecule has 2 aromatic rings. The molecule has 3 rings (SSSR count). The lowest BCUT2D eigenvalue weighted by molar-refractivity contribution is 0.105. The van der Waals surface area contributed by atoms with Crippen LogP contribution in [0, 0.1) is 0 Å². The lowest BCUT2D eigenvalue weighted by atomic mass is 10.1. The fourth-order valence-electron chi connectivity index (χ4n) is 2.56. The monoisotopic (exact) mass is 255 g/mol. The van der Waals surface area contributed by atoms with Gasteiger partial charge in [0.25, 0.3) is 0 Å². The van der Waals surface area contributed by atoms with Gasteiger partial charge in [-0.05, 0) is 40.8 Å². The summed E-state index contributed by atoms with van der Waals surface area (Å²) in [6.45, 7) is 0.144. The van der Waals surface area contributed by atoms with Crippen molar-refractivity contribution < 1.29 is 10.2 Å². The van der Waals surface area contributed by atoms with E-state index >= 15 is 0 Å². The zero-order chi connectivity index (χ0) is 13.2. The Morgan fingerprint density at radius 2 is 1.84 bits per heavy atom. The van der Waals surface area contributed by atoms with Crippen LogP contribution in [-0.2, 0) is 6.42 Å². The summed E-state index contributed by atoms with van der Waals surface area (Å²) < 4.78 is 0. The summed E-state index contributed by atoms with van der Waals surface area (Å²) in [5.74, 6) is 0. The molecule has 19 heavy (non-hydrogen) atoms. The van der Waals surface area contributed by atoms with E-state index in [9.17, 15) is 5.11 Å². The Balaban J connectivity index is 1.81. The topological polar surface area (TPSA) is 52.5 Å². The molecule has 0 fully saturated rings. The number of aliphatic hydroxyl groups is 2.